The first-order valence-corrected chi connectivity index (χ1v) is 8.31. The third kappa shape index (κ3) is 2.83. The van der Waals surface area contributed by atoms with Crippen molar-refractivity contribution in [2.75, 3.05) is 18.9 Å². The molecule has 1 amide bonds. The third-order valence-corrected chi connectivity index (χ3v) is 4.91. The van der Waals surface area contributed by atoms with E-state index in [0.717, 1.165) is 46.5 Å². The fraction of sp³-hybridized carbons (Fsp3) is 0.438. The van der Waals surface area contributed by atoms with Gasteiger partial charge in [0.1, 0.15) is 11.6 Å². The van der Waals surface area contributed by atoms with Crippen molar-refractivity contribution >= 4 is 23.1 Å². The number of nitrogens with zero attached hydrogens (tertiary/aromatic N) is 3. The number of carbonyl (C=O) groups excluding carboxylic acids is 1. The Morgan fingerprint density at radius 1 is 1.36 bits per heavy atom. The van der Waals surface area contributed by atoms with Gasteiger partial charge in [-0.15, -0.1) is 11.3 Å². The fourth-order valence-corrected chi connectivity index (χ4v) is 3.72. The number of carbonyl (C=O) groups is 1. The van der Waals surface area contributed by atoms with E-state index in [1.54, 1.807) is 11.3 Å². The van der Waals surface area contributed by atoms with Crippen molar-refractivity contribution in [3.8, 4) is 0 Å². The lowest BCUT2D eigenvalue weighted by atomic mass is 10.1. The van der Waals surface area contributed by atoms with Gasteiger partial charge in [-0.05, 0) is 38.8 Å². The summed E-state index contributed by atoms with van der Waals surface area (Å²) in [6, 6.07) is 5.91. The average Bonchev–Trinajstić information content (AvgIpc) is 3.14. The molecule has 0 radical (unpaired) electrons. The van der Waals surface area contributed by atoms with Crippen LogP contribution >= 0.6 is 11.3 Å². The molecule has 0 unspecified atom stereocenters. The van der Waals surface area contributed by atoms with E-state index in [2.05, 4.69) is 15.3 Å². The first-order valence-electron chi connectivity index (χ1n) is 7.49. The smallest absolute Gasteiger partial charge is 0.264 e. The average molecular weight is 316 g/mol. The van der Waals surface area contributed by atoms with Gasteiger partial charge in [0, 0.05) is 24.5 Å². The summed E-state index contributed by atoms with van der Waals surface area (Å²) in [4.78, 5) is 25.6. The molecule has 1 aliphatic rings. The van der Waals surface area contributed by atoms with Crippen LogP contribution in [0.25, 0.3) is 0 Å². The molecule has 1 aliphatic heterocycles. The van der Waals surface area contributed by atoms with Crippen molar-refractivity contribution in [1.82, 2.24) is 14.9 Å². The number of hydrogen-bond donors (Lipinski definition) is 1. The van der Waals surface area contributed by atoms with E-state index < -0.39 is 0 Å². The van der Waals surface area contributed by atoms with Crippen LogP contribution in [0.2, 0.25) is 0 Å². The zero-order valence-corrected chi connectivity index (χ0v) is 13.9. The quantitative estimate of drug-likeness (QED) is 0.945. The molecule has 0 bridgehead atoms. The number of nitrogens with one attached hydrogen (secondary N) is 1. The Bertz CT molecular complexity index is 697. The molecule has 1 saturated heterocycles. The first-order chi connectivity index (χ1) is 10.6. The van der Waals surface area contributed by atoms with E-state index in [9.17, 15) is 4.79 Å². The summed E-state index contributed by atoms with van der Waals surface area (Å²) >= 11 is 1.55. The molecule has 0 aromatic carbocycles. The summed E-state index contributed by atoms with van der Waals surface area (Å²) in [6.07, 6.45) is 1.97. The van der Waals surface area contributed by atoms with E-state index in [-0.39, 0.29) is 11.9 Å². The molecule has 1 N–H and O–H groups in total. The zero-order chi connectivity index (χ0) is 15.7. The van der Waals surface area contributed by atoms with Crippen molar-refractivity contribution < 1.29 is 4.79 Å². The number of aryl methyl sites for hydroxylation is 2. The monoisotopic (exact) mass is 316 g/mol. The maximum absolute atomic E-state index is 12.8. The summed E-state index contributed by atoms with van der Waals surface area (Å²) in [5.41, 5.74) is 0.927. The molecule has 0 aliphatic carbocycles. The van der Waals surface area contributed by atoms with Gasteiger partial charge in [0.25, 0.3) is 5.91 Å². The van der Waals surface area contributed by atoms with E-state index in [1.807, 2.05) is 44.0 Å². The van der Waals surface area contributed by atoms with Crippen LogP contribution in [0.1, 0.15) is 45.0 Å². The number of rotatable bonds is 3. The Kier molecular flexibility index (Phi) is 4.11. The molecular formula is C16H20N4OS. The Morgan fingerprint density at radius 2 is 2.18 bits per heavy atom. The van der Waals surface area contributed by atoms with E-state index in [4.69, 9.17) is 0 Å². The van der Waals surface area contributed by atoms with Gasteiger partial charge in [0.15, 0.2) is 0 Å². The Morgan fingerprint density at radius 3 is 2.86 bits per heavy atom. The highest BCUT2D eigenvalue weighted by Crippen LogP contribution is 2.33. The van der Waals surface area contributed by atoms with Crippen molar-refractivity contribution in [3.05, 3.63) is 39.5 Å². The molecule has 0 saturated carbocycles. The van der Waals surface area contributed by atoms with Gasteiger partial charge in [0.05, 0.1) is 16.6 Å². The molecule has 2 aromatic heterocycles. The van der Waals surface area contributed by atoms with Gasteiger partial charge >= 0.3 is 0 Å². The summed E-state index contributed by atoms with van der Waals surface area (Å²) < 4.78 is 0. The molecule has 22 heavy (non-hydrogen) atoms. The lowest BCUT2D eigenvalue weighted by Crippen LogP contribution is -2.30. The van der Waals surface area contributed by atoms with Crippen LogP contribution in [0.4, 0.5) is 5.82 Å². The molecule has 116 valence electrons. The lowest BCUT2D eigenvalue weighted by molar-refractivity contribution is 0.0737. The van der Waals surface area contributed by atoms with Gasteiger partial charge in [-0.25, -0.2) is 9.97 Å². The molecule has 1 fully saturated rings. The predicted octanol–water partition coefficient (Wildman–Crippen LogP) is 3.17. The third-order valence-electron chi connectivity index (χ3n) is 3.92. The minimum atomic E-state index is 0.0451. The molecule has 6 heteroatoms. The van der Waals surface area contributed by atoms with E-state index >= 15 is 0 Å². The van der Waals surface area contributed by atoms with Crippen LogP contribution in [0.3, 0.4) is 0 Å². The Hall–Kier alpha value is -1.95. The highest BCUT2D eigenvalue weighted by Gasteiger charge is 2.32. The number of thiophene rings is 1. The molecular weight excluding hydrogens is 296 g/mol. The molecule has 3 rings (SSSR count). The van der Waals surface area contributed by atoms with Crippen LogP contribution in [0.15, 0.2) is 18.2 Å². The van der Waals surface area contributed by atoms with E-state index in [1.165, 1.54) is 0 Å². The second-order valence-corrected chi connectivity index (χ2v) is 6.83. The maximum atomic E-state index is 12.8. The standard InChI is InChI=1S/C16H20N4OS/c1-10-6-7-14(22-10)16(21)20-8-4-5-13(20)12-9-15(17-3)19-11(2)18-12/h6-7,9,13H,4-5,8H2,1-3H3,(H,17,18,19)/t13-/m0/s1. The number of hydrogen-bond acceptors (Lipinski definition) is 5. The highest BCUT2D eigenvalue weighted by molar-refractivity contribution is 7.13. The first kappa shape index (κ1) is 15.0. The predicted molar refractivity (Wildman–Crippen MR) is 88.4 cm³/mol. The minimum Gasteiger partial charge on any atom is -0.373 e. The number of likely N-dealkylation sites (tertiary alicyclic amines) is 1. The van der Waals surface area contributed by atoms with Crippen LogP contribution in [-0.2, 0) is 0 Å². The molecule has 0 spiro atoms. The summed E-state index contributed by atoms with van der Waals surface area (Å²) in [7, 11) is 1.84. The minimum absolute atomic E-state index is 0.0451. The summed E-state index contributed by atoms with van der Waals surface area (Å²) in [5, 5.41) is 3.06. The van der Waals surface area contributed by atoms with Crippen molar-refractivity contribution in [1.29, 1.82) is 0 Å². The van der Waals surface area contributed by atoms with Crippen LogP contribution in [-0.4, -0.2) is 34.4 Å². The van der Waals surface area contributed by atoms with Gasteiger partial charge < -0.3 is 10.2 Å². The zero-order valence-electron chi connectivity index (χ0n) is 13.1. The Balaban J connectivity index is 1.90. The van der Waals surface area contributed by atoms with Crippen molar-refractivity contribution in [2.24, 2.45) is 0 Å². The van der Waals surface area contributed by atoms with E-state index in [0.29, 0.717) is 0 Å². The van der Waals surface area contributed by atoms with Crippen LogP contribution < -0.4 is 5.32 Å². The van der Waals surface area contributed by atoms with Crippen molar-refractivity contribution in [3.63, 3.8) is 0 Å². The normalized spacial score (nSPS) is 17.8. The summed E-state index contributed by atoms with van der Waals surface area (Å²) in [5.74, 6) is 1.64. The van der Waals surface area contributed by atoms with Gasteiger partial charge in [-0.1, -0.05) is 0 Å². The van der Waals surface area contributed by atoms with Gasteiger partial charge in [-0.2, -0.15) is 0 Å². The van der Waals surface area contributed by atoms with Gasteiger partial charge in [-0.3, -0.25) is 4.79 Å². The SMILES string of the molecule is CNc1cc([C@@H]2CCCN2C(=O)c2ccc(C)s2)nc(C)n1. The Labute approximate surface area is 134 Å². The largest absolute Gasteiger partial charge is 0.373 e. The maximum Gasteiger partial charge on any atom is 0.264 e. The lowest BCUT2D eigenvalue weighted by Gasteiger charge is -2.24. The second kappa shape index (κ2) is 6.04. The molecule has 5 nitrogen and oxygen atoms in total. The van der Waals surface area contributed by atoms with Gasteiger partial charge in [0.2, 0.25) is 0 Å². The van der Waals surface area contributed by atoms with Crippen LogP contribution in [0, 0.1) is 13.8 Å². The molecule has 3 heterocycles. The highest BCUT2D eigenvalue weighted by atomic mass is 32.1. The van der Waals surface area contributed by atoms with Crippen LogP contribution in [0.5, 0.6) is 0 Å². The number of aromatic nitrogens is 2. The molecule has 1 atom stereocenters. The van der Waals surface area contributed by atoms with Crippen molar-refractivity contribution in [2.45, 2.75) is 32.7 Å². The topological polar surface area (TPSA) is 58.1 Å². The number of anilines is 1. The second-order valence-electron chi connectivity index (χ2n) is 5.54. The number of amides is 1. The summed E-state index contributed by atoms with van der Waals surface area (Å²) in [6.45, 7) is 4.70. The molecule has 2 aromatic rings. The fourth-order valence-electron chi connectivity index (χ4n) is 2.90.